The molecule has 0 spiro atoms. The molecule has 1 aliphatic carbocycles. The Balaban J connectivity index is 2.02. The van der Waals surface area contributed by atoms with Crippen molar-refractivity contribution in [2.45, 2.75) is 24.7 Å². The third kappa shape index (κ3) is 1.63. The van der Waals surface area contributed by atoms with Gasteiger partial charge in [-0.05, 0) is 24.5 Å². The molecule has 3 rings (SSSR count). The largest absolute Gasteiger partial charge is 0.481 e. The third-order valence-corrected chi connectivity index (χ3v) is 3.77. The Morgan fingerprint density at radius 2 is 2.18 bits per heavy atom. The van der Waals surface area contributed by atoms with Gasteiger partial charge in [0, 0.05) is 5.41 Å². The number of carbonyl (C=O) groups is 1. The fourth-order valence-electron chi connectivity index (χ4n) is 2.33. The maximum absolute atomic E-state index is 10.9. The molecule has 1 heterocycles. The van der Waals surface area contributed by atoms with E-state index in [1.807, 2.05) is 6.07 Å². The molecule has 90 valence electrons. The summed E-state index contributed by atoms with van der Waals surface area (Å²) < 4.78 is 10.5. The summed E-state index contributed by atoms with van der Waals surface area (Å²) in [6, 6.07) is 3.65. The predicted octanol–water partition coefficient (Wildman–Crippen LogP) is 2.58. The highest BCUT2D eigenvalue weighted by Gasteiger charge is 2.48. The van der Waals surface area contributed by atoms with Gasteiger partial charge in [0.25, 0.3) is 0 Å². The Morgan fingerprint density at radius 3 is 2.82 bits per heavy atom. The van der Waals surface area contributed by atoms with Crippen LogP contribution in [0.25, 0.3) is 0 Å². The van der Waals surface area contributed by atoms with Crippen molar-refractivity contribution in [1.82, 2.24) is 0 Å². The van der Waals surface area contributed by atoms with Crippen LogP contribution < -0.4 is 9.47 Å². The lowest BCUT2D eigenvalue weighted by molar-refractivity contribution is -0.137. The topological polar surface area (TPSA) is 55.8 Å². The van der Waals surface area contributed by atoms with Crippen LogP contribution in [0.1, 0.15) is 24.8 Å². The van der Waals surface area contributed by atoms with Gasteiger partial charge in [-0.3, -0.25) is 4.79 Å². The first-order chi connectivity index (χ1) is 8.12. The van der Waals surface area contributed by atoms with E-state index in [4.69, 9.17) is 26.2 Å². The van der Waals surface area contributed by atoms with Gasteiger partial charge in [0.2, 0.25) is 6.79 Å². The summed E-state index contributed by atoms with van der Waals surface area (Å²) in [5, 5.41) is 9.43. The van der Waals surface area contributed by atoms with Crippen molar-refractivity contribution in [3.63, 3.8) is 0 Å². The monoisotopic (exact) mass is 254 g/mol. The van der Waals surface area contributed by atoms with Gasteiger partial charge >= 0.3 is 5.97 Å². The molecule has 5 heteroatoms. The SMILES string of the molecule is O=C(O)CC1(c2ccc3c(c2Cl)OCO3)CC1. The minimum Gasteiger partial charge on any atom is -0.481 e. The van der Waals surface area contributed by atoms with Crippen LogP contribution in [0, 0.1) is 0 Å². The van der Waals surface area contributed by atoms with Crippen LogP contribution in [0.4, 0.5) is 0 Å². The summed E-state index contributed by atoms with van der Waals surface area (Å²) >= 11 is 6.26. The van der Waals surface area contributed by atoms with Crippen LogP contribution in [0.15, 0.2) is 12.1 Å². The number of hydrogen-bond donors (Lipinski definition) is 1. The summed E-state index contributed by atoms with van der Waals surface area (Å²) in [5.74, 6) is 0.377. The van der Waals surface area contributed by atoms with E-state index in [0.29, 0.717) is 16.5 Å². The number of carboxylic acids is 1. The fourth-order valence-corrected chi connectivity index (χ4v) is 2.74. The molecule has 1 N–H and O–H groups in total. The van der Waals surface area contributed by atoms with Crippen molar-refractivity contribution in [1.29, 1.82) is 0 Å². The number of ether oxygens (including phenoxy) is 2. The maximum Gasteiger partial charge on any atom is 0.304 e. The van der Waals surface area contributed by atoms with Crippen LogP contribution in [-0.2, 0) is 10.2 Å². The van der Waals surface area contributed by atoms with Crippen molar-refractivity contribution in [3.8, 4) is 11.5 Å². The first-order valence-electron chi connectivity index (χ1n) is 5.43. The quantitative estimate of drug-likeness (QED) is 0.901. The molecule has 17 heavy (non-hydrogen) atoms. The van der Waals surface area contributed by atoms with E-state index >= 15 is 0 Å². The molecular formula is C12H11ClO4. The molecule has 0 saturated heterocycles. The molecule has 2 aliphatic rings. The number of aliphatic carboxylic acids is 1. The van der Waals surface area contributed by atoms with Gasteiger partial charge in [-0.1, -0.05) is 17.7 Å². The standard InChI is InChI=1S/C12H11ClO4/c13-10-7(12(3-4-12)5-9(14)15)1-2-8-11(10)17-6-16-8/h1-2H,3-6H2,(H,14,15). The zero-order valence-electron chi connectivity index (χ0n) is 9.03. The van der Waals surface area contributed by atoms with Crippen molar-refractivity contribution < 1.29 is 19.4 Å². The molecule has 1 fully saturated rings. The molecule has 0 unspecified atom stereocenters. The van der Waals surface area contributed by atoms with Crippen molar-refractivity contribution in [2.24, 2.45) is 0 Å². The lowest BCUT2D eigenvalue weighted by Crippen LogP contribution is -2.13. The Labute approximate surface area is 103 Å². The Bertz CT molecular complexity index is 494. The van der Waals surface area contributed by atoms with Crippen molar-refractivity contribution in [2.75, 3.05) is 6.79 Å². The number of carboxylic acid groups (broad SMARTS) is 1. The summed E-state index contributed by atoms with van der Waals surface area (Å²) in [6.07, 6.45) is 1.84. The zero-order chi connectivity index (χ0) is 12.0. The lowest BCUT2D eigenvalue weighted by Gasteiger charge is -2.15. The number of halogens is 1. The second-order valence-corrected chi connectivity index (χ2v) is 4.89. The Kier molecular flexibility index (Phi) is 2.23. The summed E-state index contributed by atoms with van der Waals surface area (Å²) in [4.78, 5) is 10.9. The van der Waals surface area contributed by atoms with E-state index in [9.17, 15) is 4.79 Å². The van der Waals surface area contributed by atoms with E-state index in [2.05, 4.69) is 0 Å². The average molecular weight is 255 g/mol. The van der Waals surface area contributed by atoms with Crippen LogP contribution in [-0.4, -0.2) is 17.9 Å². The second kappa shape index (κ2) is 3.53. The van der Waals surface area contributed by atoms with E-state index in [1.54, 1.807) is 6.07 Å². The second-order valence-electron chi connectivity index (χ2n) is 4.51. The molecule has 1 saturated carbocycles. The Morgan fingerprint density at radius 1 is 1.41 bits per heavy atom. The van der Waals surface area contributed by atoms with Gasteiger partial charge in [0.1, 0.15) is 0 Å². The number of benzene rings is 1. The first-order valence-corrected chi connectivity index (χ1v) is 5.81. The van der Waals surface area contributed by atoms with E-state index < -0.39 is 5.97 Å². The number of fused-ring (bicyclic) bond motifs is 1. The smallest absolute Gasteiger partial charge is 0.304 e. The third-order valence-electron chi connectivity index (χ3n) is 3.39. The summed E-state index contributed by atoms with van der Waals surface area (Å²) in [7, 11) is 0. The van der Waals surface area contributed by atoms with Crippen LogP contribution >= 0.6 is 11.6 Å². The first kappa shape index (κ1) is 10.7. The normalized spacial score (nSPS) is 19.1. The van der Waals surface area contributed by atoms with Crippen molar-refractivity contribution >= 4 is 17.6 Å². The number of rotatable bonds is 3. The highest BCUT2D eigenvalue weighted by atomic mass is 35.5. The van der Waals surface area contributed by atoms with Crippen LogP contribution in [0.3, 0.4) is 0 Å². The molecule has 0 bridgehead atoms. The van der Waals surface area contributed by atoms with Gasteiger partial charge in [0.05, 0.1) is 11.4 Å². The minimum absolute atomic E-state index is 0.117. The van der Waals surface area contributed by atoms with Crippen molar-refractivity contribution in [3.05, 3.63) is 22.7 Å². The fraction of sp³-hybridized carbons (Fsp3) is 0.417. The predicted molar refractivity (Wildman–Crippen MR) is 60.7 cm³/mol. The van der Waals surface area contributed by atoms with Gasteiger partial charge in [-0.15, -0.1) is 0 Å². The van der Waals surface area contributed by atoms with E-state index in [0.717, 1.165) is 18.4 Å². The summed E-state index contributed by atoms with van der Waals surface area (Å²) in [5.41, 5.74) is 0.565. The molecule has 1 aromatic carbocycles. The van der Waals surface area contributed by atoms with Crippen LogP contribution in [0.5, 0.6) is 11.5 Å². The van der Waals surface area contributed by atoms with E-state index in [-0.39, 0.29) is 18.6 Å². The van der Waals surface area contributed by atoms with Gasteiger partial charge in [-0.2, -0.15) is 0 Å². The van der Waals surface area contributed by atoms with E-state index in [1.165, 1.54) is 0 Å². The average Bonchev–Trinajstić information content (AvgIpc) is 2.87. The highest BCUT2D eigenvalue weighted by Crippen LogP contribution is 2.56. The van der Waals surface area contributed by atoms with Crippen LogP contribution in [0.2, 0.25) is 5.02 Å². The number of hydrogen-bond acceptors (Lipinski definition) is 3. The summed E-state index contributed by atoms with van der Waals surface area (Å²) in [6.45, 7) is 0.171. The molecule has 1 aliphatic heterocycles. The Hall–Kier alpha value is -1.42. The molecular weight excluding hydrogens is 244 g/mol. The molecule has 0 amide bonds. The molecule has 0 aromatic heterocycles. The molecule has 4 nitrogen and oxygen atoms in total. The van der Waals surface area contributed by atoms with Gasteiger partial charge < -0.3 is 14.6 Å². The molecule has 0 radical (unpaired) electrons. The molecule has 0 atom stereocenters. The molecule has 1 aromatic rings. The highest BCUT2D eigenvalue weighted by molar-refractivity contribution is 6.33. The van der Waals surface area contributed by atoms with Gasteiger partial charge in [-0.25, -0.2) is 0 Å². The minimum atomic E-state index is -0.795. The maximum atomic E-state index is 10.9. The zero-order valence-corrected chi connectivity index (χ0v) is 9.79. The lowest BCUT2D eigenvalue weighted by atomic mass is 9.92. The van der Waals surface area contributed by atoms with Gasteiger partial charge in [0.15, 0.2) is 11.5 Å².